The van der Waals surface area contributed by atoms with Crippen LogP contribution in [0, 0.1) is 0 Å². The molecule has 0 atom stereocenters. The maximum atomic E-state index is 12.3. The molecule has 0 saturated heterocycles. The van der Waals surface area contributed by atoms with E-state index >= 15 is 0 Å². The summed E-state index contributed by atoms with van der Waals surface area (Å²) in [7, 11) is 1.58. The van der Waals surface area contributed by atoms with Crippen LogP contribution in [0.5, 0.6) is 5.75 Å². The number of rotatable bonds is 6. The third-order valence-electron chi connectivity index (χ3n) is 3.68. The van der Waals surface area contributed by atoms with Crippen LogP contribution in [0.1, 0.15) is 12.6 Å². The number of amides is 2. The highest BCUT2D eigenvalue weighted by atomic mass is 32.1. The summed E-state index contributed by atoms with van der Waals surface area (Å²) in [5, 5.41) is 8.26. The molecule has 0 saturated carbocycles. The smallest absolute Gasteiger partial charge is 0.230 e. The predicted molar refractivity (Wildman–Crippen MR) is 107 cm³/mol. The Morgan fingerprint density at radius 2 is 1.81 bits per heavy atom. The summed E-state index contributed by atoms with van der Waals surface area (Å²) in [5.41, 5.74) is 2.98. The van der Waals surface area contributed by atoms with E-state index in [4.69, 9.17) is 4.74 Å². The first-order chi connectivity index (χ1) is 13.0. The molecule has 3 aromatic rings. The van der Waals surface area contributed by atoms with E-state index in [9.17, 15) is 9.59 Å². The molecule has 0 radical (unpaired) electrons. The van der Waals surface area contributed by atoms with Gasteiger partial charge in [-0.05, 0) is 24.3 Å². The number of ether oxygens (including phenoxy) is 1. The fourth-order valence-corrected chi connectivity index (χ4v) is 3.34. The van der Waals surface area contributed by atoms with Gasteiger partial charge in [0.25, 0.3) is 0 Å². The van der Waals surface area contributed by atoms with Crippen molar-refractivity contribution in [3.63, 3.8) is 0 Å². The Bertz CT molecular complexity index is 968. The SMILES string of the molecule is COc1cccc(NC(=O)Cc2csc(-c3cccc(NC(C)=O)c3)n2)c1. The monoisotopic (exact) mass is 381 g/mol. The van der Waals surface area contributed by atoms with Crippen molar-refractivity contribution in [2.45, 2.75) is 13.3 Å². The topological polar surface area (TPSA) is 80.3 Å². The molecule has 0 spiro atoms. The third-order valence-corrected chi connectivity index (χ3v) is 4.62. The molecular formula is C20H19N3O3S. The lowest BCUT2D eigenvalue weighted by atomic mass is 10.2. The number of benzene rings is 2. The van der Waals surface area contributed by atoms with Crippen LogP contribution in [0.2, 0.25) is 0 Å². The molecule has 7 heteroatoms. The number of carbonyl (C=O) groups excluding carboxylic acids is 2. The van der Waals surface area contributed by atoms with Crippen molar-refractivity contribution >= 4 is 34.5 Å². The molecule has 2 amide bonds. The number of nitrogens with one attached hydrogen (secondary N) is 2. The largest absolute Gasteiger partial charge is 0.497 e. The van der Waals surface area contributed by atoms with Gasteiger partial charge in [0.1, 0.15) is 10.8 Å². The first-order valence-corrected chi connectivity index (χ1v) is 9.18. The van der Waals surface area contributed by atoms with Crippen molar-refractivity contribution in [3.8, 4) is 16.3 Å². The lowest BCUT2D eigenvalue weighted by Crippen LogP contribution is -2.14. The zero-order chi connectivity index (χ0) is 19.2. The van der Waals surface area contributed by atoms with Crippen molar-refractivity contribution < 1.29 is 14.3 Å². The van der Waals surface area contributed by atoms with Crippen molar-refractivity contribution in [1.82, 2.24) is 4.98 Å². The van der Waals surface area contributed by atoms with E-state index in [1.807, 2.05) is 41.8 Å². The number of thiazole rings is 1. The van der Waals surface area contributed by atoms with Gasteiger partial charge in [-0.2, -0.15) is 0 Å². The summed E-state index contributed by atoms with van der Waals surface area (Å²) in [4.78, 5) is 28.0. The summed E-state index contributed by atoms with van der Waals surface area (Å²) < 4.78 is 5.15. The Balaban J connectivity index is 1.67. The Labute approximate surface area is 161 Å². The molecule has 6 nitrogen and oxygen atoms in total. The van der Waals surface area contributed by atoms with Gasteiger partial charge in [-0.25, -0.2) is 4.98 Å². The van der Waals surface area contributed by atoms with Crippen LogP contribution < -0.4 is 15.4 Å². The summed E-state index contributed by atoms with van der Waals surface area (Å²) in [5.74, 6) is 0.413. The summed E-state index contributed by atoms with van der Waals surface area (Å²) in [6, 6.07) is 14.7. The zero-order valence-electron chi connectivity index (χ0n) is 15.0. The minimum atomic E-state index is -0.146. The van der Waals surface area contributed by atoms with E-state index in [0.29, 0.717) is 22.8 Å². The summed E-state index contributed by atoms with van der Waals surface area (Å²) in [6.07, 6.45) is 0.180. The maximum Gasteiger partial charge on any atom is 0.230 e. The highest BCUT2D eigenvalue weighted by Gasteiger charge is 2.10. The van der Waals surface area contributed by atoms with E-state index < -0.39 is 0 Å². The zero-order valence-corrected chi connectivity index (χ0v) is 15.8. The second kappa shape index (κ2) is 8.46. The minimum Gasteiger partial charge on any atom is -0.497 e. The molecular weight excluding hydrogens is 362 g/mol. The van der Waals surface area contributed by atoms with Crippen molar-refractivity contribution in [2.24, 2.45) is 0 Å². The molecule has 1 aromatic heterocycles. The van der Waals surface area contributed by atoms with Gasteiger partial charge in [0.05, 0.1) is 19.2 Å². The van der Waals surface area contributed by atoms with Crippen LogP contribution in [-0.4, -0.2) is 23.9 Å². The molecule has 0 bridgehead atoms. The Morgan fingerprint density at radius 3 is 2.56 bits per heavy atom. The Kier molecular flexibility index (Phi) is 5.83. The fraction of sp³-hybridized carbons (Fsp3) is 0.150. The molecule has 0 aliphatic carbocycles. The van der Waals surface area contributed by atoms with Gasteiger partial charge < -0.3 is 15.4 Å². The molecule has 0 aliphatic heterocycles. The Hall–Kier alpha value is -3.19. The van der Waals surface area contributed by atoms with E-state index in [2.05, 4.69) is 15.6 Å². The van der Waals surface area contributed by atoms with Crippen LogP contribution in [-0.2, 0) is 16.0 Å². The quantitative estimate of drug-likeness (QED) is 0.677. The number of hydrogen-bond acceptors (Lipinski definition) is 5. The second-order valence-corrected chi connectivity index (χ2v) is 6.72. The van der Waals surface area contributed by atoms with Crippen molar-refractivity contribution in [2.75, 3.05) is 17.7 Å². The maximum absolute atomic E-state index is 12.3. The minimum absolute atomic E-state index is 0.124. The average Bonchev–Trinajstić information content (AvgIpc) is 3.10. The van der Waals surface area contributed by atoms with Crippen LogP contribution >= 0.6 is 11.3 Å². The highest BCUT2D eigenvalue weighted by molar-refractivity contribution is 7.13. The van der Waals surface area contributed by atoms with Crippen LogP contribution in [0.4, 0.5) is 11.4 Å². The predicted octanol–water partition coefficient (Wildman–Crippen LogP) is 3.96. The van der Waals surface area contributed by atoms with Crippen molar-refractivity contribution in [3.05, 3.63) is 59.6 Å². The molecule has 2 aromatic carbocycles. The lowest BCUT2D eigenvalue weighted by molar-refractivity contribution is -0.116. The number of hydrogen-bond donors (Lipinski definition) is 2. The number of aromatic nitrogens is 1. The van der Waals surface area contributed by atoms with E-state index in [-0.39, 0.29) is 18.2 Å². The van der Waals surface area contributed by atoms with Gasteiger partial charge in [0.15, 0.2) is 0 Å². The van der Waals surface area contributed by atoms with Gasteiger partial charge in [0.2, 0.25) is 11.8 Å². The molecule has 138 valence electrons. The van der Waals surface area contributed by atoms with Gasteiger partial charge >= 0.3 is 0 Å². The van der Waals surface area contributed by atoms with Gasteiger partial charge in [-0.3, -0.25) is 9.59 Å². The van der Waals surface area contributed by atoms with Crippen LogP contribution in [0.3, 0.4) is 0 Å². The summed E-state index contributed by atoms with van der Waals surface area (Å²) >= 11 is 1.46. The number of anilines is 2. The van der Waals surface area contributed by atoms with E-state index in [1.54, 1.807) is 19.2 Å². The van der Waals surface area contributed by atoms with E-state index in [1.165, 1.54) is 18.3 Å². The molecule has 3 rings (SSSR count). The van der Waals surface area contributed by atoms with Crippen LogP contribution in [0.15, 0.2) is 53.9 Å². The second-order valence-electron chi connectivity index (χ2n) is 5.86. The standard InChI is InChI=1S/C20H19N3O3S/c1-13(24)21-15-6-3-5-14(9-15)20-23-17(12-27-20)11-19(25)22-16-7-4-8-18(10-16)26-2/h3-10,12H,11H2,1-2H3,(H,21,24)(H,22,25). The molecule has 1 heterocycles. The number of methoxy groups -OCH3 is 1. The van der Waals surface area contributed by atoms with Gasteiger partial charge in [0, 0.05) is 35.3 Å². The van der Waals surface area contributed by atoms with Gasteiger partial charge in [-0.15, -0.1) is 11.3 Å². The normalized spacial score (nSPS) is 10.3. The first-order valence-electron chi connectivity index (χ1n) is 8.30. The number of carbonyl (C=O) groups is 2. The Morgan fingerprint density at radius 1 is 1.07 bits per heavy atom. The van der Waals surface area contributed by atoms with Gasteiger partial charge in [-0.1, -0.05) is 18.2 Å². The van der Waals surface area contributed by atoms with Crippen LogP contribution in [0.25, 0.3) is 10.6 Å². The lowest BCUT2D eigenvalue weighted by Gasteiger charge is -2.06. The summed E-state index contributed by atoms with van der Waals surface area (Å²) in [6.45, 7) is 1.47. The molecule has 0 aliphatic rings. The number of nitrogens with zero attached hydrogens (tertiary/aromatic N) is 1. The van der Waals surface area contributed by atoms with E-state index in [0.717, 1.165) is 10.6 Å². The third kappa shape index (κ3) is 5.15. The molecule has 0 fully saturated rings. The average molecular weight is 381 g/mol. The molecule has 2 N–H and O–H groups in total. The van der Waals surface area contributed by atoms with Crippen molar-refractivity contribution in [1.29, 1.82) is 0 Å². The first kappa shape index (κ1) is 18.6. The highest BCUT2D eigenvalue weighted by Crippen LogP contribution is 2.26. The fourth-order valence-electron chi connectivity index (χ4n) is 2.52. The molecule has 27 heavy (non-hydrogen) atoms. The molecule has 0 unspecified atom stereocenters.